The molecule has 0 saturated carbocycles. The molecule has 6 heteroatoms. The highest BCUT2D eigenvalue weighted by molar-refractivity contribution is 5.67. The predicted octanol–water partition coefficient (Wildman–Crippen LogP) is 3.18. The van der Waals surface area contributed by atoms with Gasteiger partial charge in [0.2, 0.25) is 0 Å². The maximum atomic E-state index is 13.3. The highest BCUT2D eigenvalue weighted by atomic mass is 19.1. The van der Waals surface area contributed by atoms with Crippen molar-refractivity contribution in [1.82, 2.24) is 15.0 Å². The third kappa shape index (κ3) is 3.49. The van der Waals surface area contributed by atoms with Crippen molar-refractivity contribution in [3.05, 3.63) is 60.7 Å². The van der Waals surface area contributed by atoms with Gasteiger partial charge < -0.3 is 9.64 Å². The maximum Gasteiger partial charge on any atom is 0.162 e. The zero-order valence-electron chi connectivity index (χ0n) is 13.6. The van der Waals surface area contributed by atoms with E-state index < -0.39 is 0 Å². The Morgan fingerprint density at radius 3 is 2.32 bits per heavy atom. The van der Waals surface area contributed by atoms with Crippen LogP contribution in [0.25, 0.3) is 22.6 Å². The van der Waals surface area contributed by atoms with Gasteiger partial charge in [-0.2, -0.15) is 0 Å². The van der Waals surface area contributed by atoms with E-state index in [1.165, 1.54) is 12.1 Å². The van der Waals surface area contributed by atoms with E-state index in [9.17, 15) is 4.39 Å². The number of pyridine rings is 1. The van der Waals surface area contributed by atoms with Gasteiger partial charge >= 0.3 is 0 Å². The summed E-state index contributed by atoms with van der Waals surface area (Å²) in [5.41, 5.74) is 2.52. The smallest absolute Gasteiger partial charge is 0.162 e. The Labute approximate surface area is 145 Å². The lowest BCUT2D eigenvalue weighted by molar-refractivity contribution is 0.122. The van der Waals surface area contributed by atoms with Gasteiger partial charge in [0, 0.05) is 42.7 Å². The first-order chi connectivity index (χ1) is 12.3. The summed E-state index contributed by atoms with van der Waals surface area (Å²) in [6.07, 6.45) is 3.44. The van der Waals surface area contributed by atoms with Crippen LogP contribution in [-0.4, -0.2) is 41.3 Å². The standard InChI is InChI=1S/C19H17FN4O/c20-16-3-1-14(2-4-16)17-13-18(24-9-11-25-12-10-24)23-19(22-17)15-5-7-21-8-6-15/h1-8,13H,9-12H2. The molecule has 1 aliphatic heterocycles. The molecular weight excluding hydrogens is 319 g/mol. The Morgan fingerprint density at radius 1 is 0.880 bits per heavy atom. The second-order valence-electron chi connectivity index (χ2n) is 5.78. The Bertz CT molecular complexity index is 849. The Balaban J connectivity index is 1.81. The molecule has 5 nitrogen and oxygen atoms in total. The van der Waals surface area contributed by atoms with Crippen molar-refractivity contribution in [3.8, 4) is 22.6 Å². The number of halogens is 1. The van der Waals surface area contributed by atoms with E-state index in [4.69, 9.17) is 9.72 Å². The molecule has 4 rings (SSSR count). The van der Waals surface area contributed by atoms with Crippen LogP contribution in [0.2, 0.25) is 0 Å². The first-order valence-electron chi connectivity index (χ1n) is 8.18. The third-order valence-corrected chi connectivity index (χ3v) is 4.13. The summed E-state index contributed by atoms with van der Waals surface area (Å²) >= 11 is 0. The predicted molar refractivity (Wildman–Crippen MR) is 93.7 cm³/mol. The van der Waals surface area contributed by atoms with E-state index in [2.05, 4.69) is 14.9 Å². The van der Waals surface area contributed by atoms with Crippen molar-refractivity contribution in [2.24, 2.45) is 0 Å². The number of benzene rings is 1. The number of hydrogen-bond donors (Lipinski definition) is 0. The molecule has 3 aromatic rings. The van der Waals surface area contributed by atoms with Crippen molar-refractivity contribution < 1.29 is 9.13 Å². The molecule has 0 atom stereocenters. The minimum absolute atomic E-state index is 0.263. The molecule has 3 heterocycles. The number of anilines is 1. The lowest BCUT2D eigenvalue weighted by Gasteiger charge is -2.28. The molecule has 0 bridgehead atoms. The fourth-order valence-corrected chi connectivity index (χ4v) is 2.79. The lowest BCUT2D eigenvalue weighted by Crippen LogP contribution is -2.36. The summed E-state index contributed by atoms with van der Waals surface area (Å²) in [6, 6.07) is 12.1. The molecule has 25 heavy (non-hydrogen) atoms. The molecule has 1 fully saturated rings. The summed E-state index contributed by atoms with van der Waals surface area (Å²) in [5, 5.41) is 0. The van der Waals surface area contributed by atoms with Crippen LogP contribution in [0.5, 0.6) is 0 Å². The number of rotatable bonds is 3. The number of hydrogen-bond acceptors (Lipinski definition) is 5. The van der Waals surface area contributed by atoms with Gasteiger partial charge in [0.25, 0.3) is 0 Å². The van der Waals surface area contributed by atoms with Gasteiger partial charge in [-0.05, 0) is 36.4 Å². The van der Waals surface area contributed by atoms with E-state index in [1.54, 1.807) is 24.5 Å². The van der Waals surface area contributed by atoms with Crippen LogP contribution in [0.1, 0.15) is 0 Å². The molecular formula is C19H17FN4O. The Morgan fingerprint density at radius 2 is 1.60 bits per heavy atom. The normalized spacial score (nSPS) is 14.5. The van der Waals surface area contributed by atoms with Crippen LogP contribution in [0, 0.1) is 5.82 Å². The van der Waals surface area contributed by atoms with E-state index in [1.807, 2.05) is 18.2 Å². The fourth-order valence-electron chi connectivity index (χ4n) is 2.79. The summed E-state index contributed by atoms with van der Waals surface area (Å²) in [5.74, 6) is 1.22. The molecule has 2 aromatic heterocycles. The number of ether oxygens (including phenoxy) is 1. The van der Waals surface area contributed by atoms with Crippen LogP contribution < -0.4 is 4.90 Å². The summed E-state index contributed by atoms with van der Waals surface area (Å²) in [4.78, 5) is 15.6. The monoisotopic (exact) mass is 336 g/mol. The third-order valence-electron chi connectivity index (χ3n) is 4.13. The molecule has 0 aliphatic carbocycles. The van der Waals surface area contributed by atoms with Crippen LogP contribution >= 0.6 is 0 Å². The Kier molecular flexibility index (Phi) is 4.35. The van der Waals surface area contributed by atoms with Gasteiger partial charge in [-0.3, -0.25) is 4.98 Å². The Hall–Kier alpha value is -2.86. The number of nitrogens with zero attached hydrogens (tertiary/aromatic N) is 4. The van der Waals surface area contributed by atoms with Crippen molar-refractivity contribution in [1.29, 1.82) is 0 Å². The van der Waals surface area contributed by atoms with Crippen LogP contribution in [0.15, 0.2) is 54.9 Å². The minimum Gasteiger partial charge on any atom is -0.378 e. The van der Waals surface area contributed by atoms with E-state index in [0.717, 1.165) is 35.7 Å². The second kappa shape index (κ2) is 6.94. The van der Waals surface area contributed by atoms with Gasteiger partial charge in [0.15, 0.2) is 5.82 Å². The van der Waals surface area contributed by atoms with E-state index >= 15 is 0 Å². The SMILES string of the molecule is Fc1ccc(-c2cc(N3CCOCC3)nc(-c3ccncc3)n2)cc1. The molecule has 0 amide bonds. The highest BCUT2D eigenvalue weighted by Gasteiger charge is 2.16. The maximum absolute atomic E-state index is 13.3. The molecule has 126 valence electrons. The fraction of sp³-hybridized carbons (Fsp3) is 0.211. The molecule has 0 radical (unpaired) electrons. The van der Waals surface area contributed by atoms with Gasteiger partial charge in [-0.25, -0.2) is 14.4 Å². The second-order valence-corrected chi connectivity index (χ2v) is 5.78. The molecule has 0 N–H and O–H groups in total. The molecule has 1 aromatic carbocycles. The van der Waals surface area contributed by atoms with Crippen LogP contribution in [0.3, 0.4) is 0 Å². The lowest BCUT2D eigenvalue weighted by atomic mass is 10.1. The van der Waals surface area contributed by atoms with Crippen LogP contribution in [-0.2, 0) is 4.74 Å². The zero-order chi connectivity index (χ0) is 17.1. The zero-order valence-corrected chi connectivity index (χ0v) is 13.6. The van der Waals surface area contributed by atoms with Crippen LogP contribution in [0.4, 0.5) is 10.2 Å². The summed E-state index contributed by atoms with van der Waals surface area (Å²) in [6.45, 7) is 2.94. The average Bonchev–Trinajstić information content (AvgIpc) is 2.69. The van der Waals surface area contributed by atoms with E-state index in [0.29, 0.717) is 19.0 Å². The van der Waals surface area contributed by atoms with Crippen molar-refractivity contribution in [2.45, 2.75) is 0 Å². The van der Waals surface area contributed by atoms with Crippen molar-refractivity contribution in [2.75, 3.05) is 31.2 Å². The van der Waals surface area contributed by atoms with Crippen molar-refractivity contribution in [3.63, 3.8) is 0 Å². The topological polar surface area (TPSA) is 51.1 Å². The molecule has 1 aliphatic rings. The largest absolute Gasteiger partial charge is 0.378 e. The number of aromatic nitrogens is 3. The molecule has 1 saturated heterocycles. The first kappa shape index (κ1) is 15.7. The minimum atomic E-state index is -0.263. The molecule has 0 unspecified atom stereocenters. The van der Waals surface area contributed by atoms with Gasteiger partial charge in [-0.1, -0.05) is 0 Å². The average molecular weight is 336 g/mol. The summed E-state index contributed by atoms with van der Waals surface area (Å²) in [7, 11) is 0. The number of morpholine rings is 1. The molecule has 0 spiro atoms. The van der Waals surface area contributed by atoms with Gasteiger partial charge in [-0.15, -0.1) is 0 Å². The quantitative estimate of drug-likeness (QED) is 0.735. The van der Waals surface area contributed by atoms with E-state index in [-0.39, 0.29) is 5.82 Å². The van der Waals surface area contributed by atoms with Crippen molar-refractivity contribution >= 4 is 5.82 Å². The first-order valence-corrected chi connectivity index (χ1v) is 8.18. The summed E-state index contributed by atoms with van der Waals surface area (Å²) < 4.78 is 18.7. The van der Waals surface area contributed by atoms with Gasteiger partial charge in [0.1, 0.15) is 11.6 Å². The van der Waals surface area contributed by atoms with Gasteiger partial charge in [0.05, 0.1) is 18.9 Å². The highest BCUT2D eigenvalue weighted by Crippen LogP contribution is 2.26.